The van der Waals surface area contributed by atoms with Crippen molar-refractivity contribution in [3.63, 3.8) is 0 Å². The maximum Gasteiger partial charge on any atom is 0.272 e. The predicted molar refractivity (Wildman–Crippen MR) is 65.0 cm³/mol. The average Bonchev–Trinajstić information content (AvgIpc) is 2.27. The van der Waals surface area contributed by atoms with Crippen molar-refractivity contribution < 1.29 is 18.3 Å². The van der Waals surface area contributed by atoms with Crippen LogP contribution in [0.5, 0.6) is 11.5 Å². The van der Waals surface area contributed by atoms with Crippen molar-refractivity contribution in [2.45, 2.75) is 13.0 Å². The summed E-state index contributed by atoms with van der Waals surface area (Å²) in [5.74, 6) is 0.734. The molecule has 0 unspecified atom stereocenters. The van der Waals surface area contributed by atoms with Crippen molar-refractivity contribution in [2.75, 3.05) is 20.8 Å². The molecular formula is C11H14BrF2NO2. The zero-order chi connectivity index (χ0) is 12.8. The van der Waals surface area contributed by atoms with Gasteiger partial charge in [0.05, 0.1) is 11.6 Å². The standard InChI is InChI=1S/C11H14BrF2NO2/c1-15-5-7-3-8(12)11(9(4-7)16-2)17-6-10(13)14/h3-4,10,15H,5-6H2,1-2H3. The summed E-state index contributed by atoms with van der Waals surface area (Å²) in [6.45, 7) is 0.00439. The summed E-state index contributed by atoms with van der Waals surface area (Å²) < 4.78 is 34.9. The van der Waals surface area contributed by atoms with E-state index in [1.807, 2.05) is 7.05 Å². The van der Waals surface area contributed by atoms with Crippen LogP contribution in [0.2, 0.25) is 0 Å². The van der Waals surface area contributed by atoms with Gasteiger partial charge in [-0.15, -0.1) is 0 Å². The van der Waals surface area contributed by atoms with Crippen LogP contribution >= 0.6 is 15.9 Å². The molecule has 0 fully saturated rings. The van der Waals surface area contributed by atoms with Gasteiger partial charge < -0.3 is 14.8 Å². The quantitative estimate of drug-likeness (QED) is 0.876. The first-order valence-electron chi connectivity index (χ1n) is 5.00. The Morgan fingerprint density at radius 1 is 1.41 bits per heavy atom. The number of hydrogen-bond acceptors (Lipinski definition) is 3. The van der Waals surface area contributed by atoms with Gasteiger partial charge in [0.1, 0.15) is 6.61 Å². The maximum absolute atomic E-state index is 12.1. The van der Waals surface area contributed by atoms with Crippen LogP contribution in [0.4, 0.5) is 8.78 Å². The number of methoxy groups -OCH3 is 1. The molecule has 0 amide bonds. The lowest BCUT2D eigenvalue weighted by Crippen LogP contribution is -2.09. The van der Waals surface area contributed by atoms with Crippen molar-refractivity contribution in [1.82, 2.24) is 5.32 Å². The van der Waals surface area contributed by atoms with Crippen LogP contribution in [0.1, 0.15) is 5.56 Å². The van der Waals surface area contributed by atoms with Crippen LogP contribution in [0.25, 0.3) is 0 Å². The highest BCUT2D eigenvalue weighted by molar-refractivity contribution is 9.10. The van der Waals surface area contributed by atoms with Crippen molar-refractivity contribution in [3.05, 3.63) is 22.2 Å². The Balaban J connectivity index is 2.95. The van der Waals surface area contributed by atoms with Gasteiger partial charge >= 0.3 is 0 Å². The fraction of sp³-hybridized carbons (Fsp3) is 0.455. The minimum absolute atomic E-state index is 0.299. The second kappa shape index (κ2) is 6.76. The molecule has 0 aliphatic carbocycles. The van der Waals surface area contributed by atoms with Gasteiger partial charge in [-0.3, -0.25) is 0 Å². The smallest absolute Gasteiger partial charge is 0.272 e. The fourth-order valence-corrected chi connectivity index (χ4v) is 1.97. The van der Waals surface area contributed by atoms with Gasteiger partial charge in [-0.2, -0.15) is 0 Å². The van der Waals surface area contributed by atoms with Crippen LogP contribution in [-0.2, 0) is 6.54 Å². The Kier molecular flexibility index (Phi) is 5.64. The summed E-state index contributed by atoms with van der Waals surface area (Å²) >= 11 is 3.28. The minimum Gasteiger partial charge on any atom is -0.493 e. The molecule has 0 aromatic heterocycles. The number of alkyl halides is 2. The van der Waals surface area contributed by atoms with E-state index in [-0.39, 0.29) is 0 Å². The number of benzene rings is 1. The number of ether oxygens (including phenoxy) is 2. The molecule has 0 atom stereocenters. The van der Waals surface area contributed by atoms with Gasteiger partial charge in [0.2, 0.25) is 0 Å². The highest BCUT2D eigenvalue weighted by Crippen LogP contribution is 2.36. The van der Waals surface area contributed by atoms with E-state index in [0.29, 0.717) is 22.5 Å². The summed E-state index contributed by atoms with van der Waals surface area (Å²) in [4.78, 5) is 0. The Bertz CT molecular complexity index is 375. The fourth-order valence-electron chi connectivity index (χ4n) is 1.37. The zero-order valence-corrected chi connectivity index (χ0v) is 11.2. The van der Waals surface area contributed by atoms with Crippen LogP contribution in [-0.4, -0.2) is 27.2 Å². The Morgan fingerprint density at radius 2 is 2.12 bits per heavy atom. The molecule has 0 radical (unpaired) electrons. The summed E-state index contributed by atoms with van der Waals surface area (Å²) in [6.07, 6.45) is -2.51. The van der Waals surface area contributed by atoms with Crippen molar-refractivity contribution in [2.24, 2.45) is 0 Å². The second-order valence-corrected chi connectivity index (χ2v) is 4.20. The van der Waals surface area contributed by atoms with Crippen molar-refractivity contribution in [3.8, 4) is 11.5 Å². The first kappa shape index (κ1) is 14.2. The van der Waals surface area contributed by atoms with E-state index in [4.69, 9.17) is 9.47 Å². The van der Waals surface area contributed by atoms with E-state index < -0.39 is 13.0 Å². The van der Waals surface area contributed by atoms with Gasteiger partial charge in [0.15, 0.2) is 11.5 Å². The SMILES string of the molecule is CNCc1cc(Br)c(OCC(F)F)c(OC)c1. The molecule has 1 aromatic carbocycles. The number of rotatable bonds is 6. The highest BCUT2D eigenvalue weighted by Gasteiger charge is 2.13. The van der Waals surface area contributed by atoms with Crippen molar-refractivity contribution >= 4 is 15.9 Å². The first-order chi connectivity index (χ1) is 8.08. The molecule has 1 rings (SSSR count). The molecule has 96 valence electrons. The molecule has 0 aliphatic heterocycles. The summed E-state index contributed by atoms with van der Waals surface area (Å²) in [5, 5.41) is 3.00. The van der Waals surface area contributed by atoms with Gasteiger partial charge in [0.25, 0.3) is 6.43 Å². The van der Waals surface area contributed by atoms with Crippen molar-refractivity contribution in [1.29, 1.82) is 0 Å². The first-order valence-corrected chi connectivity index (χ1v) is 5.79. The minimum atomic E-state index is -2.51. The third-order valence-corrected chi connectivity index (χ3v) is 2.61. The summed E-state index contributed by atoms with van der Waals surface area (Å²) in [7, 11) is 3.29. The lowest BCUT2D eigenvalue weighted by Gasteiger charge is -2.14. The molecule has 6 heteroatoms. The van der Waals surface area contributed by atoms with Gasteiger partial charge in [0, 0.05) is 6.54 Å². The highest BCUT2D eigenvalue weighted by atomic mass is 79.9. The van der Waals surface area contributed by atoms with Gasteiger partial charge in [-0.25, -0.2) is 8.78 Å². The molecule has 1 N–H and O–H groups in total. The van der Waals surface area contributed by atoms with E-state index in [0.717, 1.165) is 5.56 Å². The summed E-state index contributed by atoms with van der Waals surface area (Å²) in [6, 6.07) is 3.56. The molecular weight excluding hydrogens is 296 g/mol. The third kappa shape index (κ3) is 4.12. The molecule has 0 saturated heterocycles. The topological polar surface area (TPSA) is 30.5 Å². The Labute approximate surface area is 107 Å². The Hall–Kier alpha value is -0.880. The molecule has 17 heavy (non-hydrogen) atoms. The molecule has 0 aliphatic rings. The van der Waals surface area contributed by atoms with E-state index in [2.05, 4.69) is 21.2 Å². The molecule has 3 nitrogen and oxygen atoms in total. The second-order valence-electron chi connectivity index (χ2n) is 3.34. The molecule has 0 bridgehead atoms. The number of halogens is 3. The lowest BCUT2D eigenvalue weighted by atomic mass is 10.2. The normalized spacial score (nSPS) is 10.7. The largest absolute Gasteiger partial charge is 0.493 e. The average molecular weight is 310 g/mol. The monoisotopic (exact) mass is 309 g/mol. The molecule has 0 saturated carbocycles. The van der Waals surface area contributed by atoms with E-state index in [1.165, 1.54) is 7.11 Å². The molecule has 0 heterocycles. The zero-order valence-electron chi connectivity index (χ0n) is 9.60. The lowest BCUT2D eigenvalue weighted by molar-refractivity contribution is 0.0800. The predicted octanol–water partition coefficient (Wildman–Crippen LogP) is 2.82. The third-order valence-electron chi connectivity index (χ3n) is 2.02. The van der Waals surface area contributed by atoms with Crippen LogP contribution in [0.15, 0.2) is 16.6 Å². The van der Waals surface area contributed by atoms with Gasteiger partial charge in [-0.1, -0.05) is 0 Å². The summed E-state index contributed by atoms with van der Waals surface area (Å²) in [5.41, 5.74) is 0.973. The maximum atomic E-state index is 12.1. The van der Waals surface area contributed by atoms with Crippen LogP contribution in [0.3, 0.4) is 0 Å². The van der Waals surface area contributed by atoms with E-state index in [9.17, 15) is 8.78 Å². The molecule has 0 spiro atoms. The van der Waals surface area contributed by atoms with Gasteiger partial charge in [-0.05, 0) is 40.7 Å². The molecule has 1 aromatic rings. The Morgan fingerprint density at radius 3 is 2.65 bits per heavy atom. The van der Waals surface area contributed by atoms with E-state index >= 15 is 0 Å². The number of hydrogen-bond donors (Lipinski definition) is 1. The van der Waals surface area contributed by atoms with Crippen LogP contribution in [0, 0.1) is 0 Å². The van der Waals surface area contributed by atoms with E-state index in [1.54, 1.807) is 12.1 Å². The van der Waals surface area contributed by atoms with Crippen LogP contribution < -0.4 is 14.8 Å². The number of nitrogens with one attached hydrogen (secondary N) is 1.